The third-order valence-electron chi connectivity index (χ3n) is 2.05. The van der Waals surface area contributed by atoms with Gasteiger partial charge in [0.25, 0.3) is 0 Å². The highest BCUT2D eigenvalue weighted by Crippen LogP contribution is 2.21. The van der Waals surface area contributed by atoms with Crippen LogP contribution in [0.2, 0.25) is 0 Å². The molecule has 0 saturated heterocycles. The van der Waals surface area contributed by atoms with Gasteiger partial charge in [-0.3, -0.25) is 0 Å². The molecule has 0 amide bonds. The molecule has 0 fully saturated rings. The molecule has 1 atom stereocenters. The fourth-order valence-electron chi connectivity index (χ4n) is 1.17. The van der Waals surface area contributed by atoms with Gasteiger partial charge < -0.3 is 5.11 Å². The van der Waals surface area contributed by atoms with Gasteiger partial charge in [0.1, 0.15) is 0 Å². The first-order valence-electron chi connectivity index (χ1n) is 4.96. The van der Waals surface area contributed by atoms with Crippen molar-refractivity contribution in [3.05, 3.63) is 35.4 Å². The second kappa shape index (κ2) is 5.42. The minimum Gasteiger partial charge on any atom is -0.388 e. The van der Waals surface area contributed by atoms with Crippen LogP contribution in [0.3, 0.4) is 0 Å². The largest absolute Gasteiger partial charge is 0.388 e. The topological polar surface area (TPSA) is 20.2 Å². The van der Waals surface area contributed by atoms with E-state index >= 15 is 0 Å². The molecule has 1 nitrogen and oxygen atoms in total. The maximum absolute atomic E-state index is 9.84. The van der Waals surface area contributed by atoms with Crippen LogP contribution >= 0.6 is 11.8 Å². The summed E-state index contributed by atoms with van der Waals surface area (Å²) in [6, 6.07) is 8.08. The summed E-state index contributed by atoms with van der Waals surface area (Å²) in [5, 5.41) is 10.4. The van der Waals surface area contributed by atoms with Crippen LogP contribution in [-0.4, -0.2) is 16.1 Å². The summed E-state index contributed by atoms with van der Waals surface area (Å²) in [4.78, 5) is 0. The van der Waals surface area contributed by atoms with Gasteiger partial charge >= 0.3 is 0 Å². The van der Waals surface area contributed by atoms with Crippen LogP contribution in [-0.2, 0) is 0 Å². The number of hydrogen-bond donors (Lipinski definition) is 1. The van der Waals surface area contributed by atoms with E-state index in [2.05, 4.69) is 20.8 Å². The van der Waals surface area contributed by atoms with Crippen LogP contribution < -0.4 is 0 Å². The Balaban J connectivity index is 2.52. The number of aliphatic hydroxyl groups is 1. The van der Waals surface area contributed by atoms with Crippen molar-refractivity contribution in [3.63, 3.8) is 0 Å². The van der Waals surface area contributed by atoms with E-state index in [9.17, 15) is 5.11 Å². The zero-order valence-corrected chi connectivity index (χ0v) is 9.84. The lowest BCUT2D eigenvalue weighted by Gasteiger charge is -2.12. The summed E-state index contributed by atoms with van der Waals surface area (Å²) < 4.78 is 0. The van der Waals surface area contributed by atoms with Crippen molar-refractivity contribution in [2.75, 3.05) is 5.75 Å². The third-order valence-corrected chi connectivity index (χ3v) is 3.22. The van der Waals surface area contributed by atoms with Crippen molar-refractivity contribution in [2.24, 2.45) is 0 Å². The molecule has 1 aromatic rings. The Morgan fingerprint density at radius 1 is 1.21 bits per heavy atom. The van der Waals surface area contributed by atoms with Gasteiger partial charge in [0, 0.05) is 5.75 Å². The van der Waals surface area contributed by atoms with Gasteiger partial charge in [-0.25, -0.2) is 0 Å². The van der Waals surface area contributed by atoms with Crippen molar-refractivity contribution < 1.29 is 5.11 Å². The van der Waals surface area contributed by atoms with Gasteiger partial charge in [0.2, 0.25) is 0 Å². The molecule has 1 aromatic carbocycles. The Bertz CT molecular complexity index is 266. The minimum atomic E-state index is -0.331. The molecule has 1 unspecified atom stereocenters. The monoisotopic (exact) mass is 210 g/mol. The highest BCUT2D eigenvalue weighted by Gasteiger charge is 2.07. The van der Waals surface area contributed by atoms with Crippen LogP contribution in [0, 0.1) is 6.92 Å². The van der Waals surface area contributed by atoms with Crippen LogP contribution in [0.5, 0.6) is 0 Å². The smallest absolute Gasteiger partial charge is 0.0880 e. The third kappa shape index (κ3) is 3.72. The van der Waals surface area contributed by atoms with Crippen LogP contribution in [0.4, 0.5) is 0 Å². The fraction of sp³-hybridized carbons (Fsp3) is 0.500. The lowest BCUT2D eigenvalue weighted by molar-refractivity contribution is 0.204. The second-order valence-electron chi connectivity index (χ2n) is 3.81. The van der Waals surface area contributed by atoms with E-state index in [4.69, 9.17) is 0 Å². The molecular weight excluding hydrogens is 192 g/mol. The average Bonchev–Trinajstić information content (AvgIpc) is 2.15. The van der Waals surface area contributed by atoms with Crippen LogP contribution in [0.1, 0.15) is 31.1 Å². The van der Waals surface area contributed by atoms with E-state index in [0.717, 1.165) is 11.3 Å². The summed E-state index contributed by atoms with van der Waals surface area (Å²) >= 11 is 1.79. The average molecular weight is 210 g/mol. The molecule has 1 rings (SSSR count). The molecule has 0 aliphatic rings. The van der Waals surface area contributed by atoms with Gasteiger partial charge in [-0.1, -0.05) is 43.7 Å². The van der Waals surface area contributed by atoms with Crippen molar-refractivity contribution in [1.82, 2.24) is 0 Å². The molecule has 0 saturated carbocycles. The first-order chi connectivity index (χ1) is 6.59. The van der Waals surface area contributed by atoms with E-state index in [1.165, 1.54) is 5.56 Å². The molecule has 0 aliphatic carbocycles. The molecule has 0 radical (unpaired) electrons. The number of thioether (sulfide) groups is 1. The van der Waals surface area contributed by atoms with E-state index < -0.39 is 0 Å². The molecule has 14 heavy (non-hydrogen) atoms. The zero-order chi connectivity index (χ0) is 10.6. The predicted molar refractivity (Wildman–Crippen MR) is 63.7 cm³/mol. The quantitative estimate of drug-likeness (QED) is 0.823. The van der Waals surface area contributed by atoms with E-state index in [1.54, 1.807) is 11.8 Å². The predicted octanol–water partition coefficient (Wildman–Crippen LogP) is 3.17. The van der Waals surface area contributed by atoms with Gasteiger partial charge in [0.05, 0.1) is 6.10 Å². The Morgan fingerprint density at radius 3 is 2.29 bits per heavy atom. The van der Waals surface area contributed by atoms with E-state index in [-0.39, 0.29) is 6.10 Å². The molecule has 78 valence electrons. The summed E-state index contributed by atoms with van der Waals surface area (Å²) in [6.45, 7) is 6.35. The number of hydrogen-bond acceptors (Lipinski definition) is 2. The summed E-state index contributed by atoms with van der Waals surface area (Å²) in [6.07, 6.45) is -0.331. The molecular formula is C12H18OS. The Kier molecular flexibility index (Phi) is 4.49. The normalized spacial score (nSPS) is 13.2. The van der Waals surface area contributed by atoms with E-state index in [1.807, 2.05) is 24.3 Å². The van der Waals surface area contributed by atoms with Gasteiger partial charge in [-0.2, -0.15) is 11.8 Å². The molecule has 1 N–H and O–H groups in total. The molecule has 0 aliphatic heterocycles. The van der Waals surface area contributed by atoms with Crippen molar-refractivity contribution in [2.45, 2.75) is 32.1 Å². The number of aryl methyl sites for hydroxylation is 1. The molecule has 0 bridgehead atoms. The summed E-state index contributed by atoms with van der Waals surface area (Å²) in [7, 11) is 0. The minimum absolute atomic E-state index is 0.331. The van der Waals surface area contributed by atoms with Crippen molar-refractivity contribution in [3.8, 4) is 0 Å². The number of benzene rings is 1. The molecule has 0 spiro atoms. The first-order valence-corrected chi connectivity index (χ1v) is 6.00. The first kappa shape index (κ1) is 11.6. The van der Waals surface area contributed by atoms with Gasteiger partial charge in [-0.15, -0.1) is 0 Å². The molecule has 0 aromatic heterocycles. The maximum atomic E-state index is 9.84. The SMILES string of the molecule is Cc1ccc(C(O)CSC(C)C)cc1. The van der Waals surface area contributed by atoms with Gasteiger partial charge in [0.15, 0.2) is 0 Å². The zero-order valence-electron chi connectivity index (χ0n) is 9.03. The summed E-state index contributed by atoms with van der Waals surface area (Å²) in [5.41, 5.74) is 2.25. The standard InChI is InChI=1S/C12H18OS/c1-9(2)14-8-12(13)11-6-4-10(3)5-7-11/h4-7,9,12-13H,8H2,1-3H3. The van der Waals surface area contributed by atoms with Crippen molar-refractivity contribution >= 4 is 11.8 Å². The highest BCUT2D eigenvalue weighted by atomic mass is 32.2. The Morgan fingerprint density at radius 2 is 1.79 bits per heavy atom. The molecule has 0 heterocycles. The Hall–Kier alpha value is -0.470. The van der Waals surface area contributed by atoms with E-state index in [0.29, 0.717) is 5.25 Å². The lowest BCUT2D eigenvalue weighted by Crippen LogP contribution is -2.03. The highest BCUT2D eigenvalue weighted by molar-refractivity contribution is 7.99. The van der Waals surface area contributed by atoms with Gasteiger partial charge in [-0.05, 0) is 17.7 Å². The molecule has 2 heteroatoms. The number of rotatable bonds is 4. The lowest BCUT2D eigenvalue weighted by atomic mass is 10.1. The summed E-state index contributed by atoms with van der Waals surface area (Å²) in [5.74, 6) is 0.778. The fourth-order valence-corrected chi connectivity index (χ4v) is 1.93. The Labute approximate surface area is 90.5 Å². The second-order valence-corrected chi connectivity index (χ2v) is 5.42. The maximum Gasteiger partial charge on any atom is 0.0880 e. The van der Waals surface area contributed by atoms with Crippen molar-refractivity contribution in [1.29, 1.82) is 0 Å². The number of aliphatic hydroxyl groups excluding tert-OH is 1. The van der Waals surface area contributed by atoms with Crippen LogP contribution in [0.25, 0.3) is 0 Å². The van der Waals surface area contributed by atoms with Crippen LogP contribution in [0.15, 0.2) is 24.3 Å².